The van der Waals surface area contributed by atoms with Crippen molar-refractivity contribution in [3.05, 3.63) is 0 Å². The van der Waals surface area contributed by atoms with Gasteiger partial charge in [0, 0.05) is 22.7 Å². The van der Waals surface area contributed by atoms with Crippen LogP contribution >= 0.6 is 0 Å². The molecular formula is C46H83NO6. The first kappa shape index (κ1) is 45.8. The van der Waals surface area contributed by atoms with Crippen LogP contribution in [0.2, 0.25) is 0 Å². The Kier molecular flexibility index (Phi) is 19.7. The van der Waals surface area contributed by atoms with Crippen LogP contribution in [0.3, 0.4) is 0 Å². The first-order chi connectivity index (χ1) is 25.4. The summed E-state index contributed by atoms with van der Waals surface area (Å²) in [7, 11) is 0. The highest BCUT2D eigenvalue weighted by atomic mass is 16.5. The minimum Gasteiger partial charge on any atom is -0.467 e. The number of hydrogen-bond donors (Lipinski definition) is 0. The second-order valence-electron chi connectivity index (χ2n) is 19.3. The summed E-state index contributed by atoms with van der Waals surface area (Å²) in [5.41, 5.74) is -0.327. The molecule has 5 rings (SSSR count). The minimum absolute atomic E-state index is 0.0383. The van der Waals surface area contributed by atoms with E-state index in [0.29, 0.717) is 51.0 Å². The van der Waals surface area contributed by atoms with E-state index < -0.39 is 0 Å². The van der Waals surface area contributed by atoms with E-state index >= 15 is 0 Å². The van der Waals surface area contributed by atoms with Crippen molar-refractivity contribution in [2.24, 2.45) is 39.4 Å². The van der Waals surface area contributed by atoms with Crippen molar-refractivity contribution in [1.82, 2.24) is 4.90 Å². The Morgan fingerprint density at radius 1 is 0.679 bits per heavy atom. The molecule has 53 heavy (non-hydrogen) atoms. The van der Waals surface area contributed by atoms with E-state index in [2.05, 4.69) is 53.4 Å². The average Bonchev–Trinajstić information content (AvgIpc) is 3.13. The quantitative estimate of drug-likeness (QED) is 0.0421. The summed E-state index contributed by atoms with van der Waals surface area (Å²) in [5, 5.41) is 0. The summed E-state index contributed by atoms with van der Waals surface area (Å²) in [6.45, 7) is 21.1. The monoisotopic (exact) mass is 746 g/mol. The summed E-state index contributed by atoms with van der Waals surface area (Å²) in [5.74, 6) is 1.62. The summed E-state index contributed by atoms with van der Waals surface area (Å²) in [6.07, 6.45) is 25.2. The van der Waals surface area contributed by atoms with Crippen molar-refractivity contribution in [2.75, 3.05) is 39.5 Å². The first-order valence-electron chi connectivity index (χ1n) is 22.5. The molecule has 7 nitrogen and oxygen atoms in total. The average molecular weight is 746 g/mol. The highest BCUT2D eigenvalue weighted by molar-refractivity contribution is 5.70. The zero-order valence-corrected chi connectivity index (χ0v) is 35.7. The van der Waals surface area contributed by atoms with Crippen LogP contribution in [0, 0.1) is 39.4 Å². The molecule has 4 atom stereocenters. The van der Waals surface area contributed by atoms with Gasteiger partial charge < -0.3 is 19.1 Å². The molecule has 4 bridgehead atoms. The highest BCUT2D eigenvalue weighted by Gasteiger charge is 2.55. The van der Waals surface area contributed by atoms with E-state index in [9.17, 15) is 14.4 Å². The maximum absolute atomic E-state index is 13.3. The molecule has 0 aromatic heterocycles. The van der Waals surface area contributed by atoms with E-state index in [1.165, 1.54) is 110 Å². The van der Waals surface area contributed by atoms with Crippen LogP contribution < -0.4 is 0 Å². The summed E-state index contributed by atoms with van der Waals surface area (Å²) in [4.78, 5) is 40.1. The number of rotatable bonds is 24. The second-order valence-corrected chi connectivity index (χ2v) is 19.3. The summed E-state index contributed by atoms with van der Waals surface area (Å²) < 4.78 is 17.6. The number of esters is 2. The predicted molar refractivity (Wildman–Crippen MR) is 216 cm³/mol. The summed E-state index contributed by atoms with van der Waals surface area (Å²) in [6, 6.07) is 0. The van der Waals surface area contributed by atoms with Crippen LogP contribution in [-0.4, -0.2) is 62.8 Å². The Bertz CT molecular complexity index is 1040. The van der Waals surface area contributed by atoms with E-state index in [4.69, 9.17) is 14.2 Å². The van der Waals surface area contributed by atoms with Crippen LogP contribution in [0.25, 0.3) is 0 Å². The zero-order chi connectivity index (χ0) is 38.8. The Hall–Kier alpha value is -1.63. The molecule has 308 valence electrons. The molecule has 5 saturated carbocycles. The third kappa shape index (κ3) is 15.4. The van der Waals surface area contributed by atoms with Gasteiger partial charge in [-0.25, -0.2) is 0 Å². The SMILES string of the molecule is CCCCCC(CCCCC)CC(=O)OCC1(C)CC2CC(C)(COC=O)CC(COC(=O)CC34CCC(CC3)CC4)(C2)C1.CCCCN(CC)CC. The van der Waals surface area contributed by atoms with Crippen molar-refractivity contribution in [3.63, 3.8) is 0 Å². The lowest BCUT2D eigenvalue weighted by Gasteiger charge is -2.57. The number of fused-ring (bicyclic) bond motifs is 5. The fourth-order valence-corrected chi connectivity index (χ4v) is 11.4. The molecule has 0 aromatic carbocycles. The van der Waals surface area contributed by atoms with Crippen molar-refractivity contribution in [3.8, 4) is 0 Å². The molecule has 0 radical (unpaired) electrons. The lowest BCUT2D eigenvalue weighted by Crippen LogP contribution is -2.52. The van der Waals surface area contributed by atoms with Crippen molar-refractivity contribution >= 4 is 18.4 Å². The second kappa shape index (κ2) is 22.8. The Labute approximate surface area is 326 Å². The summed E-state index contributed by atoms with van der Waals surface area (Å²) >= 11 is 0. The largest absolute Gasteiger partial charge is 0.467 e. The molecule has 0 N–H and O–H groups in total. The fraction of sp³-hybridized carbons (Fsp3) is 0.935. The molecule has 5 fully saturated rings. The smallest absolute Gasteiger partial charge is 0.306 e. The van der Waals surface area contributed by atoms with E-state index in [-0.39, 0.29) is 33.6 Å². The lowest BCUT2D eigenvalue weighted by molar-refractivity contribution is -0.169. The molecule has 0 spiro atoms. The van der Waals surface area contributed by atoms with Gasteiger partial charge in [-0.15, -0.1) is 0 Å². The zero-order valence-electron chi connectivity index (χ0n) is 35.7. The molecule has 0 amide bonds. The van der Waals surface area contributed by atoms with Crippen molar-refractivity contribution in [2.45, 2.75) is 196 Å². The number of carbonyl (C=O) groups is 3. The van der Waals surface area contributed by atoms with Gasteiger partial charge in [-0.05, 0) is 133 Å². The lowest BCUT2D eigenvalue weighted by atomic mass is 9.49. The van der Waals surface area contributed by atoms with E-state index in [1.807, 2.05) is 0 Å². The Morgan fingerprint density at radius 2 is 1.23 bits per heavy atom. The third-order valence-electron chi connectivity index (χ3n) is 13.9. The molecular weight excluding hydrogens is 663 g/mol. The molecule has 0 aliphatic heterocycles. The van der Waals surface area contributed by atoms with Gasteiger partial charge >= 0.3 is 11.9 Å². The number of hydrogen-bond acceptors (Lipinski definition) is 7. The van der Waals surface area contributed by atoms with Gasteiger partial charge in [0.25, 0.3) is 6.47 Å². The van der Waals surface area contributed by atoms with Crippen molar-refractivity contribution in [1.29, 1.82) is 0 Å². The van der Waals surface area contributed by atoms with Crippen LogP contribution in [0.1, 0.15) is 196 Å². The molecule has 0 heterocycles. The molecule has 0 aromatic rings. The van der Waals surface area contributed by atoms with Crippen LogP contribution in [0.15, 0.2) is 0 Å². The number of nitrogens with zero attached hydrogens (tertiary/aromatic N) is 1. The molecule has 4 unspecified atom stereocenters. The van der Waals surface area contributed by atoms with Gasteiger partial charge in [-0.2, -0.15) is 0 Å². The normalized spacial score (nSPS) is 30.4. The maximum atomic E-state index is 13.3. The molecule has 7 heteroatoms. The first-order valence-corrected chi connectivity index (χ1v) is 22.5. The Morgan fingerprint density at radius 3 is 1.75 bits per heavy atom. The predicted octanol–water partition coefficient (Wildman–Crippen LogP) is 11.5. The van der Waals surface area contributed by atoms with Crippen LogP contribution in [-0.2, 0) is 28.6 Å². The number of unbranched alkanes of at least 4 members (excludes halogenated alkanes) is 5. The molecule has 5 aliphatic carbocycles. The van der Waals surface area contributed by atoms with Crippen molar-refractivity contribution < 1.29 is 28.6 Å². The minimum atomic E-state index is -0.191. The third-order valence-corrected chi connectivity index (χ3v) is 13.9. The standard InChI is InChI=1S/C38H64O6.C8H19N/c1-5-7-9-11-31(12-10-8-6-2)19-33(40)43-27-36(4)21-32-20-35(3,26-42-29-39)24-38(22-32,25-36)28-44-34(41)23-37-16-13-30(14-17-37)15-18-37;1-4-7-8-9(5-2)6-3/h29-32H,5-28H2,1-4H3;4-8H2,1-3H3. The number of carbonyl (C=O) groups excluding carboxylic acids is 3. The molecule has 5 aliphatic rings. The van der Waals surface area contributed by atoms with Crippen LogP contribution in [0.4, 0.5) is 0 Å². The topological polar surface area (TPSA) is 82.1 Å². The van der Waals surface area contributed by atoms with E-state index in [1.54, 1.807) is 0 Å². The van der Waals surface area contributed by atoms with Gasteiger partial charge in [0.15, 0.2) is 0 Å². The molecule has 0 saturated heterocycles. The highest BCUT2D eigenvalue weighted by Crippen LogP contribution is 2.61. The van der Waals surface area contributed by atoms with Gasteiger partial charge in [0.05, 0.1) is 26.2 Å². The fourth-order valence-electron chi connectivity index (χ4n) is 11.4. The van der Waals surface area contributed by atoms with Gasteiger partial charge in [-0.1, -0.05) is 93.4 Å². The number of ether oxygens (including phenoxy) is 3. The van der Waals surface area contributed by atoms with E-state index in [0.717, 1.165) is 50.9 Å². The van der Waals surface area contributed by atoms with Gasteiger partial charge in [0.1, 0.15) is 0 Å². The maximum Gasteiger partial charge on any atom is 0.306 e. The van der Waals surface area contributed by atoms with Gasteiger partial charge in [-0.3, -0.25) is 14.4 Å². The van der Waals surface area contributed by atoms with Gasteiger partial charge in [0.2, 0.25) is 0 Å². The Balaban J connectivity index is 0.000000743. The van der Waals surface area contributed by atoms with Crippen LogP contribution in [0.5, 0.6) is 0 Å².